The van der Waals surface area contributed by atoms with Crippen LogP contribution >= 0.6 is 11.6 Å². The summed E-state index contributed by atoms with van der Waals surface area (Å²) in [6.45, 7) is 1.96. The molecule has 2 unspecified atom stereocenters. The topological polar surface area (TPSA) is 49.3 Å². The van der Waals surface area contributed by atoms with Crippen LogP contribution in [0.5, 0.6) is 0 Å². The molecule has 0 aromatic heterocycles. The van der Waals surface area contributed by atoms with Crippen molar-refractivity contribution in [1.29, 1.82) is 0 Å². The van der Waals surface area contributed by atoms with Crippen LogP contribution < -0.4 is 5.32 Å². The number of hydrogen-bond acceptors (Lipinski definition) is 3. The number of halogens is 1. The Morgan fingerprint density at radius 3 is 2.14 bits per heavy atom. The fourth-order valence-electron chi connectivity index (χ4n) is 1.67. The van der Waals surface area contributed by atoms with E-state index in [1.807, 2.05) is 44.3 Å². The first-order valence-electron chi connectivity index (χ1n) is 6.70. The molecule has 2 atom stereocenters. The van der Waals surface area contributed by atoms with Gasteiger partial charge in [-0.3, -0.25) is 4.79 Å². The lowest BCUT2D eigenvalue weighted by Crippen LogP contribution is -2.28. The van der Waals surface area contributed by atoms with Crippen LogP contribution in [-0.4, -0.2) is 24.5 Å². The third-order valence-electron chi connectivity index (χ3n) is 3.10. The second-order valence-electron chi connectivity index (χ2n) is 4.57. The highest BCUT2D eigenvalue weighted by Crippen LogP contribution is 2.15. The van der Waals surface area contributed by atoms with Crippen LogP contribution in [0.15, 0.2) is 54.6 Å². The van der Waals surface area contributed by atoms with E-state index in [1.165, 1.54) is 0 Å². The number of aliphatic hydroxyl groups excluding tert-OH is 1. The number of aldehydes is 1. The Hall–Kier alpha value is -1.68. The molecule has 2 aromatic rings. The van der Waals surface area contributed by atoms with Crippen molar-refractivity contribution in [3.8, 4) is 0 Å². The summed E-state index contributed by atoms with van der Waals surface area (Å²) in [4.78, 5) is 10.1. The molecule has 21 heavy (non-hydrogen) atoms. The van der Waals surface area contributed by atoms with Crippen molar-refractivity contribution in [2.24, 2.45) is 0 Å². The summed E-state index contributed by atoms with van der Waals surface area (Å²) in [6, 6.07) is 16.7. The standard InChI is InChI=1S/C10H15NO.C7H5ClO/c1-8(11-2)10(12)9-6-4-3-5-7-9;8-7-4-2-1-3-6(7)5-9/h3-8,10-12H,1-2H3;1-5H. The summed E-state index contributed by atoms with van der Waals surface area (Å²) >= 11 is 5.59. The number of rotatable bonds is 4. The average Bonchev–Trinajstić information content (AvgIpc) is 2.55. The molecule has 0 fully saturated rings. The number of benzene rings is 2. The quantitative estimate of drug-likeness (QED) is 0.850. The molecular formula is C17H20ClNO2. The summed E-state index contributed by atoms with van der Waals surface area (Å²) in [5.74, 6) is 0. The highest BCUT2D eigenvalue weighted by Gasteiger charge is 2.12. The minimum Gasteiger partial charge on any atom is -0.387 e. The van der Waals surface area contributed by atoms with Crippen LogP contribution in [0.3, 0.4) is 0 Å². The number of aliphatic hydroxyl groups is 1. The van der Waals surface area contributed by atoms with E-state index in [1.54, 1.807) is 24.3 Å². The zero-order chi connectivity index (χ0) is 15.7. The highest BCUT2D eigenvalue weighted by atomic mass is 35.5. The monoisotopic (exact) mass is 305 g/mol. The molecule has 112 valence electrons. The zero-order valence-corrected chi connectivity index (χ0v) is 12.9. The second-order valence-corrected chi connectivity index (χ2v) is 4.98. The van der Waals surface area contributed by atoms with Gasteiger partial charge >= 0.3 is 0 Å². The van der Waals surface area contributed by atoms with E-state index in [4.69, 9.17) is 11.6 Å². The van der Waals surface area contributed by atoms with E-state index in [9.17, 15) is 9.90 Å². The lowest BCUT2D eigenvalue weighted by molar-refractivity contribution is 0.112. The maximum Gasteiger partial charge on any atom is 0.151 e. The first kappa shape index (κ1) is 17.4. The summed E-state index contributed by atoms with van der Waals surface area (Å²) in [6.07, 6.45) is 0.318. The van der Waals surface area contributed by atoms with Crippen molar-refractivity contribution in [3.63, 3.8) is 0 Å². The van der Waals surface area contributed by atoms with E-state index >= 15 is 0 Å². The molecule has 2 N–H and O–H groups in total. The fourth-order valence-corrected chi connectivity index (χ4v) is 1.85. The second kappa shape index (κ2) is 9.29. The first-order valence-corrected chi connectivity index (χ1v) is 7.08. The largest absolute Gasteiger partial charge is 0.387 e. The van der Waals surface area contributed by atoms with Crippen molar-refractivity contribution < 1.29 is 9.90 Å². The van der Waals surface area contributed by atoms with Crippen molar-refractivity contribution >= 4 is 17.9 Å². The maximum atomic E-state index is 10.1. The van der Waals surface area contributed by atoms with E-state index in [-0.39, 0.29) is 6.04 Å². The molecule has 2 aromatic carbocycles. The number of carbonyl (C=O) groups excluding carboxylic acids is 1. The van der Waals surface area contributed by atoms with E-state index in [0.717, 1.165) is 11.8 Å². The Kier molecular flexibility index (Phi) is 7.69. The number of nitrogens with one attached hydrogen (secondary N) is 1. The Balaban J connectivity index is 0.000000219. The summed E-state index contributed by atoms with van der Waals surface area (Å²) in [5, 5.41) is 13.2. The molecule has 0 aliphatic heterocycles. The van der Waals surface area contributed by atoms with Gasteiger partial charge in [0, 0.05) is 11.6 Å². The van der Waals surface area contributed by atoms with Gasteiger partial charge in [-0.25, -0.2) is 0 Å². The molecule has 0 bridgehead atoms. The predicted molar refractivity (Wildman–Crippen MR) is 86.8 cm³/mol. The molecule has 0 saturated heterocycles. The molecule has 3 nitrogen and oxygen atoms in total. The van der Waals surface area contributed by atoms with Gasteiger partial charge in [-0.15, -0.1) is 0 Å². The molecule has 0 aliphatic rings. The van der Waals surface area contributed by atoms with Gasteiger partial charge in [0.15, 0.2) is 6.29 Å². The summed E-state index contributed by atoms with van der Waals surface area (Å²) in [7, 11) is 1.84. The Labute approximate surface area is 130 Å². The zero-order valence-electron chi connectivity index (χ0n) is 12.2. The van der Waals surface area contributed by atoms with Crippen LogP contribution in [0.25, 0.3) is 0 Å². The highest BCUT2D eigenvalue weighted by molar-refractivity contribution is 6.32. The van der Waals surface area contributed by atoms with E-state index in [0.29, 0.717) is 10.6 Å². The Morgan fingerprint density at radius 1 is 1.10 bits per heavy atom. The Morgan fingerprint density at radius 2 is 1.67 bits per heavy atom. The number of likely N-dealkylation sites (N-methyl/N-ethyl adjacent to an activating group) is 1. The molecule has 0 saturated carbocycles. The molecule has 4 heteroatoms. The summed E-state index contributed by atoms with van der Waals surface area (Å²) in [5.41, 5.74) is 1.50. The van der Waals surface area contributed by atoms with Crippen molar-refractivity contribution in [2.45, 2.75) is 19.1 Å². The van der Waals surface area contributed by atoms with Crippen LogP contribution in [0.1, 0.15) is 28.9 Å². The molecule has 0 heterocycles. The van der Waals surface area contributed by atoms with Crippen molar-refractivity contribution in [1.82, 2.24) is 5.32 Å². The minimum absolute atomic E-state index is 0.0902. The van der Waals surface area contributed by atoms with Gasteiger partial charge in [0.1, 0.15) is 0 Å². The maximum absolute atomic E-state index is 10.1. The summed E-state index contributed by atoms with van der Waals surface area (Å²) < 4.78 is 0. The number of hydrogen-bond donors (Lipinski definition) is 2. The van der Waals surface area contributed by atoms with Crippen LogP contribution in [0.4, 0.5) is 0 Å². The Bertz CT molecular complexity index is 545. The van der Waals surface area contributed by atoms with Crippen LogP contribution in [0, 0.1) is 0 Å². The van der Waals surface area contributed by atoms with Gasteiger partial charge in [0.2, 0.25) is 0 Å². The molecule has 0 aliphatic carbocycles. The minimum atomic E-state index is -0.420. The van der Waals surface area contributed by atoms with Gasteiger partial charge in [-0.1, -0.05) is 60.1 Å². The average molecular weight is 306 g/mol. The van der Waals surface area contributed by atoms with Crippen LogP contribution in [-0.2, 0) is 0 Å². The molecule has 0 amide bonds. The molecular weight excluding hydrogens is 286 g/mol. The SMILES string of the molecule is CNC(C)C(O)c1ccccc1.O=Cc1ccccc1Cl. The normalized spacial score (nSPS) is 12.8. The van der Waals surface area contributed by atoms with E-state index in [2.05, 4.69) is 5.32 Å². The fraction of sp³-hybridized carbons (Fsp3) is 0.235. The third-order valence-corrected chi connectivity index (χ3v) is 3.45. The predicted octanol–water partition coefficient (Wildman–Crippen LogP) is 3.48. The van der Waals surface area contributed by atoms with Gasteiger partial charge in [0.05, 0.1) is 11.1 Å². The molecule has 0 radical (unpaired) electrons. The van der Waals surface area contributed by atoms with Gasteiger partial charge in [0.25, 0.3) is 0 Å². The van der Waals surface area contributed by atoms with Crippen LogP contribution in [0.2, 0.25) is 5.02 Å². The first-order chi connectivity index (χ1) is 10.1. The van der Waals surface area contributed by atoms with Crippen molar-refractivity contribution in [2.75, 3.05) is 7.05 Å². The lowest BCUT2D eigenvalue weighted by atomic mass is 10.0. The molecule has 0 spiro atoms. The van der Waals surface area contributed by atoms with Gasteiger partial charge in [-0.2, -0.15) is 0 Å². The van der Waals surface area contributed by atoms with Crippen molar-refractivity contribution in [3.05, 3.63) is 70.7 Å². The van der Waals surface area contributed by atoms with E-state index < -0.39 is 6.10 Å². The molecule has 2 rings (SSSR count). The van der Waals surface area contributed by atoms with Gasteiger partial charge in [-0.05, 0) is 25.6 Å². The van der Waals surface area contributed by atoms with Gasteiger partial charge < -0.3 is 10.4 Å². The third kappa shape index (κ3) is 5.68. The lowest BCUT2D eigenvalue weighted by Gasteiger charge is -2.17. The number of carbonyl (C=O) groups is 1. The smallest absolute Gasteiger partial charge is 0.151 e.